The lowest BCUT2D eigenvalue weighted by molar-refractivity contribution is 0.151. The number of phenolic OH excluding ortho intramolecular Hbond substituents is 1. The third-order valence-corrected chi connectivity index (χ3v) is 3.38. The number of nitriles is 1. The van der Waals surface area contributed by atoms with Gasteiger partial charge in [0.25, 0.3) is 0 Å². The zero-order valence-corrected chi connectivity index (χ0v) is 12.2. The van der Waals surface area contributed by atoms with Crippen molar-refractivity contribution in [2.24, 2.45) is 0 Å². The number of hydrogen-bond donors (Lipinski definition) is 1. The zero-order chi connectivity index (χ0) is 14.3. The van der Waals surface area contributed by atoms with Crippen LogP contribution in [-0.2, 0) is 6.42 Å². The predicted octanol–water partition coefficient (Wildman–Crippen LogP) is 3.34. The number of aromatic hydroxyl groups is 1. The summed E-state index contributed by atoms with van der Waals surface area (Å²) >= 11 is 0. The summed E-state index contributed by atoms with van der Waals surface area (Å²) in [4.78, 5) is 2.25. The highest BCUT2D eigenvalue weighted by Crippen LogP contribution is 2.23. The van der Waals surface area contributed by atoms with Gasteiger partial charge in [0.05, 0.1) is 6.07 Å². The molecule has 0 radical (unpaired) electrons. The minimum absolute atomic E-state index is 0.260. The van der Waals surface area contributed by atoms with Gasteiger partial charge >= 0.3 is 0 Å². The van der Waals surface area contributed by atoms with Gasteiger partial charge in [-0.05, 0) is 50.6 Å². The molecule has 1 aromatic carbocycles. The third-order valence-electron chi connectivity index (χ3n) is 3.38. The van der Waals surface area contributed by atoms with E-state index in [2.05, 4.69) is 24.8 Å². The van der Waals surface area contributed by atoms with E-state index in [4.69, 9.17) is 0 Å². The number of rotatable bonds is 7. The van der Waals surface area contributed by atoms with E-state index in [0.717, 1.165) is 31.5 Å². The molecular weight excluding hydrogens is 236 g/mol. The summed E-state index contributed by atoms with van der Waals surface area (Å²) in [5.74, 6) is 0.260. The summed E-state index contributed by atoms with van der Waals surface area (Å²) in [6.45, 7) is 8.11. The molecule has 0 aromatic heterocycles. The molecule has 1 unspecified atom stereocenters. The average molecular weight is 260 g/mol. The minimum Gasteiger partial charge on any atom is -0.508 e. The summed E-state index contributed by atoms with van der Waals surface area (Å²) in [6, 6.07) is 9.65. The molecule has 0 saturated heterocycles. The monoisotopic (exact) mass is 260 g/mol. The molecule has 0 heterocycles. The fourth-order valence-corrected chi connectivity index (χ4v) is 2.43. The molecule has 0 bridgehead atoms. The van der Waals surface area contributed by atoms with Crippen LogP contribution in [0.2, 0.25) is 0 Å². The Labute approximate surface area is 116 Å². The molecule has 1 rings (SSSR count). The first-order valence-corrected chi connectivity index (χ1v) is 7.00. The first-order chi connectivity index (χ1) is 9.05. The highest BCUT2D eigenvalue weighted by molar-refractivity contribution is 5.30. The summed E-state index contributed by atoms with van der Waals surface area (Å²) in [6.07, 6.45) is 2.71. The van der Waals surface area contributed by atoms with Crippen molar-refractivity contribution < 1.29 is 5.11 Å². The molecule has 0 fully saturated rings. The van der Waals surface area contributed by atoms with Crippen molar-refractivity contribution in [3.63, 3.8) is 0 Å². The molecule has 0 aliphatic carbocycles. The Bertz CT molecular complexity index is 433. The number of benzene rings is 1. The second kappa shape index (κ2) is 7.16. The topological polar surface area (TPSA) is 47.3 Å². The van der Waals surface area contributed by atoms with Crippen LogP contribution in [0.3, 0.4) is 0 Å². The zero-order valence-electron chi connectivity index (χ0n) is 12.2. The largest absolute Gasteiger partial charge is 0.508 e. The first-order valence-electron chi connectivity index (χ1n) is 7.00. The van der Waals surface area contributed by atoms with E-state index in [1.165, 1.54) is 0 Å². The van der Waals surface area contributed by atoms with Crippen LogP contribution in [0.4, 0.5) is 0 Å². The van der Waals surface area contributed by atoms with E-state index in [1.807, 2.05) is 19.1 Å². The lowest BCUT2D eigenvalue weighted by atomic mass is 9.91. The third kappa shape index (κ3) is 4.25. The molecule has 0 amide bonds. The molecule has 104 valence electrons. The molecule has 1 aromatic rings. The Balaban J connectivity index is 2.92. The summed E-state index contributed by atoms with van der Waals surface area (Å²) in [5, 5.41) is 19.1. The van der Waals surface area contributed by atoms with Gasteiger partial charge in [-0.3, -0.25) is 4.90 Å². The van der Waals surface area contributed by atoms with Crippen LogP contribution in [0.5, 0.6) is 5.75 Å². The van der Waals surface area contributed by atoms with E-state index in [-0.39, 0.29) is 5.75 Å². The van der Waals surface area contributed by atoms with Gasteiger partial charge in [0.15, 0.2) is 0 Å². The van der Waals surface area contributed by atoms with Crippen LogP contribution < -0.4 is 0 Å². The SMILES string of the molecule is CCCN(CCC)C(C)(C#N)Cc1cccc(O)c1. The molecule has 3 nitrogen and oxygen atoms in total. The Morgan fingerprint density at radius 3 is 2.37 bits per heavy atom. The molecule has 1 atom stereocenters. The van der Waals surface area contributed by atoms with Crippen LogP contribution >= 0.6 is 0 Å². The number of hydrogen-bond acceptors (Lipinski definition) is 3. The normalized spacial score (nSPS) is 14.1. The second-order valence-electron chi connectivity index (χ2n) is 5.22. The molecule has 3 heteroatoms. The molecular formula is C16H24N2O. The van der Waals surface area contributed by atoms with Gasteiger partial charge in [0, 0.05) is 6.42 Å². The lowest BCUT2D eigenvalue weighted by Crippen LogP contribution is -2.47. The predicted molar refractivity (Wildman–Crippen MR) is 78.0 cm³/mol. The van der Waals surface area contributed by atoms with E-state index in [9.17, 15) is 10.4 Å². The van der Waals surface area contributed by atoms with Gasteiger partial charge in [-0.1, -0.05) is 26.0 Å². The fraction of sp³-hybridized carbons (Fsp3) is 0.562. The van der Waals surface area contributed by atoms with Crippen LogP contribution in [0.1, 0.15) is 39.2 Å². The van der Waals surface area contributed by atoms with Crippen molar-refractivity contribution in [2.45, 2.75) is 45.6 Å². The number of nitrogens with zero attached hydrogens (tertiary/aromatic N) is 2. The van der Waals surface area contributed by atoms with Crippen molar-refractivity contribution >= 4 is 0 Å². The van der Waals surface area contributed by atoms with Crippen LogP contribution in [0.15, 0.2) is 24.3 Å². The van der Waals surface area contributed by atoms with Crippen molar-refractivity contribution in [1.29, 1.82) is 5.26 Å². The van der Waals surface area contributed by atoms with Gasteiger partial charge in [-0.25, -0.2) is 0 Å². The molecule has 19 heavy (non-hydrogen) atoms. The van der Waals surface area contributed by atoms with Gasteiger partial charge in [0.1, 0.15) is 11.3 Å². The maximum atomic E-state index is 9.59. The fourth-order valence-electron chi connectivity index (χ4n) is 2.43. The van der Waals surface area contributed by atoms with Gasteiger partial charge in [-0.15, -0.1) is 0 Å². The van der Waals surface area contributed by atoms with E-state index in [1.54, 1.807) is 12.1 Å². The summed E-state index contributed by atoms with van der Waals surface area (Å²) < 4.78 is 0. The standard InChI is InChI=1S/C16H24N2O/c1-4-9-18(10-5-2)16(3,13-17)12-14-7-6-8-15(19)11-14/h6-8,11,19H,4-5,9-10,12H2,1-3H3. The van der Waals surface area contributed by atoms with E-state index < -0.39 is 5.54 Å². The van der Waals surface area contributed by atoms with Crippen molar-refractivity contribution in [2.75, 3.05) is 13.1 Å². The average Bonchev–Trinajstić information content (AvgIpc) is 2.38. The molecule has 1 N–H and O–H groups in total. The smallest absolute Gasteiger partial charge is 0.115 e. The molecule has 0 spiro atoms. The Kier molecular flexibility index (Phi) is 5.85. The summed E-state index contributed by atoms with van der Waals surface area (Å²) in [7, 11) is 0. The Morgan fingerprint density at radius 1 is 1.26 bits per heavy atom. The van der Waals surface area contributed by atoms with Gasteiger partial charge < -0.3 is 5.11 Å². The molecule has 0 saturated carbocycles. The molecule has 0 aliphatic heterocycles. The Morgan fingerprint density at radius 2 is 1.89 bits per heavy atom. The lowest BCUT2D eigenvalue weighted by Gasteiger charge is -2.36. The van der Waals surface area contributed by atoms with Gasteiger partial charge in [0.2, 0.25) is 0 Å². The highest BCUT2D eigenvalue weighted by atomic mass is 16.3. The van der Waals surface area contributed by atoms with Crippen molar-refractivity contribution in [3.8, 4) is 11.8 Å². The van der Waals surface area contributed by atoms with E-state index in [0.29, 0.717) is 6.42 Å². The summed E-state index contributed by atoms with van der Waals surface area (Å²) in [5.41, 5.74) is 0.487. The minimum atomic E-state index is -0.514. The van der Waals surface area contributed by atoms with E-state index >= 15 is 0 Å². The molecule has 0 aliphatic rings. The maximum Gasteiger partial charge on any atom is 0.115 e. The quantitative estimate of drug-likeness (QED) is 0.818. The number of phenols is 1. The second-order valence-corrected chi connectivity index (χ2v) is 5.22. The highest BCUT2D eigenvalue weighted by Gasteiger charge is 2.31. The van der Waals surface area contributed by atoms with Crippen molar-refractivity contribution in [3.05, 3.63) is 29.8 Å². The van der Waals surface area contributed by atoms with Crippen LogP contribution in [-0.4, -0.2) is 28.6 Å². The van der Waals surface area contributed by atoms with Gasteiger partial charge in [-0.2, -0.15) is 5.26 Å². The van der Waals surface area contributed by atoms with Crippen LogP contribution in [0, 0.1) is 11.3 Å². The van der Waals surface area contributed by atoms with Crippen molar-refractivity contribution in [1.82, 2.24) is 4.90 Å². The van der Waals surface area contributed by atoms with Crippen LogP contribution in [0.25, 0.3) is 0 Å². The Hall–Kier alpha value is -1.53. The maximum absolute atomic E-state index is 9.59. The first kappa shape index (κ1) is 15.5.